The van der Waals surface area contributed by atoms with E-state index in [1.54, 1.807) is 72.8 Å². The van der Waals surface area contributed by atoms with Gasteiger partial charge in [-0.3, -0.25) is 38.4 Å². The number of aromatic hydroxyl groups is 2. The molecule has 1 aliphatic rings. The fourth-order valence-corrected chi connectivity index (χ4v) is 8.02. The van der Waals surface area contributed by atoms with Crippen LogP contribution < -0.4 is 43.0 Å². The lowest BCUT2D eigenvalue weighted by molar-refractivity contribution is -0.142. The normalized spacial score (nSPS) is 15.8. The number of rotatable bonds is 25. The molecule has 1 fully saturated rings. The largest absolute Gasteiger partial charge is 0.508 e. The summed E-state index contributed by atoms with van der Waals surface area (Å²) < 4.78 is 0. The zero-order valence-corrected chi connectivity index (χ0v) is 40.9. The first kappa shape index (κ1) is 56.5. The summed E-state index contributed by atoms with van der Waals surface area (Å²) in [7, 11) is 0. The monoisotopic (exact) mass is 1020 g/mol. The van der Waals surface area contributed by atoms with Gasteiger partial charge in [0.15, 0.2) is 0 Å². The number of phenolic OH excluding ortho intramolecular Hbond substituents is 2. The molecule has 0 aliphatic carbocycles. The molecule has 0 spiro atoms. The van der Waals surface area contributed by atoms with E-state index in [1.165, 1.54) is 55.1 Å². The van der Waals surface area contributed by atoms with Crippen LogP contribution in [0.1, 0.15) is 48.9 Å². The van der Waals surface area contributed by atoms with E-state index < -0.39 is 115 Å². The highest BCUT2D eigenvalue weighted by Crippen LogP contribution is 2.21. The van der Waals surface area contributed by atoms with Gasteiger partial charge >= 0.3 is 5.97 Å². The minimum atomic E-state index is -1.59. The van der Waals surface area contributed by atoms with Crippen molar-refractivity contribution in [3.8, 4) is 11.5 Å². The third kappa shape index (κ3) is 17.2. The Labute approximate surface area is 426 Å². The summed E-state index contributed by atoms with van der Waals surface area (Å²) in [6.45, 7) is 1.18. The van der Waals surface area contributed by atoms with Gasteiger partial charge in [0.1, 0.15) is 53.8 Å². The van der Waals surface area contributed by atoms with Crippen LogP contribution in [0.5, 0.6) is 11.5 Å². The van der Waals surface area contributed by atoms with Gasteiger partial charge in [0.2, 0.25) is 47.3 Å². The average Bonchev–Trinajstić information content (AvgIpc) is 3.88. The van der Waals surface area contributed by atoms with E-state index in [2.05, 4.69) is 37.2 Å². The lowest BCUT2D eigenvalue weighted by Gasteiger charge is -2.30. The number of nitrogens with two attached hydrogens (primary N) is 1. The summed E-state index contributed by atoms with van der Waals surface area (Å²) in [6, 6.07) is 19.0. The first-order valence-electron chi connectivity index (χ1n) is 23.9. The number of nitrogens with zero attached hydrogens (tertiary/aromatic N) is 1. The first-order valence-corrected chi connectivity index (χ1v) is 23.9. The number of phenols is 2. The van der Waals surface area contributed by atoms with E-state index >= 15 is 0 Å². The van der Waals surface area contributed by atoms with Crippen LogP contribution in [0.3, 0.4) is 0 Å². The number of aliphatic carboxylic acids is 1. The summed E-state index contributed by atoms with van der Waals surface area (Å²) in [4.78, 5) is 121. The summed E-state index contributed by atoms with van der Waals surface area (Å²) in [5.41, 5.74) is 8.57. The van der Waals surface area contributed by atoms with Gasteiger partial charge < -0.3 is 68.3 Å². The summed E-state index contributed by atoms with van der Waals surface area (Å²) >= 11 is 0. The SMILES string of the molecule is C[C@@H](NC(=O)[C@H](CO)NC(=O)[C@@H]1CCCN1C(=O)[C@H](Cc1ccc(O)cc1)NC(=O)CNC(=O)[C@H](Cc1ccccc1)NC(=O)[C@@H](C)NC(=O)[C@@H](N)Cc1ccc(O)cc1)C(=O)N[C@@H](Cc1ccccc1)C(=O)O. The van der Waals surface area contributed by atoms with Crippen LogP contribution in [0.25, 0.3) is 0 Å². The highest BCUT2D eigenvalue weighted by molar-refractivity contribution is 5.97. The molecule has 5 rings (SSSR count). The van der Waals surface area contributed by atoms with Gasteiger partial charge in [-0.05, 0) is 79.6 Å². The van der Waals surface area contributed by atoms with Gasteiger partial charge in [-0.2, -0.15) is 0 Å². The van der Waals surface area contributed by atoms with Gasteiger partial charge in [0, 0.05) is 25.8 Å². The fraction of sp³-hybridized carbons (Fsp3) is 0.365. The van der Waals surface area contributed by atoms with Crippen molar-refractivity contribution in [2.24, 2.45) is 5.73 Å². The van der Waals surface area contributed by atoms with Gasteiger partial charge in [0.05, 0.1) is 19.2 Å². The van der Waals surface area contributed by atoms with Gasteiger partial charge in [-0.15, -0.1) is 0 Å². The third-order valence-electron chi connectivity index (χ3n) is 12.1. The van der Waals surface area contributed by atoms with Gasteiger partial charge in [0.25, 0.3) is 0 Å². The molecule has 394 valence electrons. The van der Waals surface area contributed by atoms with Crippen LogP contribution >= 0.6 is 0 Å². The Balaban J connectivity index is 1.21. The van der Waals surface area contributed by atoms with Crippen LogP contribution in [0, 0.1) is 0 Å². The van der Waals surface area contributed by atoms with Crippen LogP contribution in [0.2, 0.25) is 0 Å². The van der Waals surface area contributed by atoms with Crippen molar-refractivity contribution in [2.75, 3.05) is 19.7 Å². The zero-order valence-electron chi connectivity index (χ0n) is 40.9. The highest BCUT2D eigenvalue weighted by Gasteiger charge is 2.39. The smallest absolute Gasteiger partial charge is 0.326 e. The molecule has 8 atom stereocenters. The molecule has 22 heteroatoms. The molecule has 0 radical (unpaired) electrons. The van der Waals surface area contributed by atoms with Crippen LogP contribution in [-0.4, -0.2) is 147 Å². The highest BCUT2D eigenvalue weighted by atomic mass is 16.4. The average molecular weight is 1020 g/mol. The quantitative estimate of drug-likeness (QED) is 0.0373. The minimum absolute atomic E-state index is 0.0169. The molecule has 1 heterocycles. The molecule has 13 N–H and O–H groups in total. The van der Waals surface area contributed by atoms with Crippen molar-refractivity contribution in [3.05, 3.63) is 131 Å². The molecule has 4 aromatic carbocycles. The molecular weight excluding hydrogens is 959 g/mol. The van der Waals surface area contributed by atoms with Gasteiger partial charge in [-0.25, -0.2) is 4.79 Å². The van der Waals surface area contributed by atoms with Crippen molar-refractivity contribution >= 4 is 53.2 Å². The van der Waals surface area contributed by atoms with Crippen molar-refractivity contribution < 1.29 is 63.6 Å². The number of benzene rings is 4. The Kier molecular flexibility index (Phi) is 21.0. The zero-order chi connectivity index (χ0) is 53.9. The number of likely N-dealkylation sites (tertiary alicyclic amines) is 1. The Morgan fingerprint density at radius 3 is 1.55 bits per heavy atom. The number of hydrogen-bond donors (Lipinski definition) is 12. The Hall–Kier alpha value is -8.37. The third-order valence-corrected chi connectivity index (χ3v) is 12.1. The second-order valence-electron chi connectivity index (χ2n) is 17.9. The van der Waals surface area contributed by atoms with Crippen molar-refractivity contribution in [3.63, 3.8) is 0 Å². The number of aliphatic hydroxyl groups is 1. The maximum Gasteiger partial charge on any atom is 0.326 e. The number of hydrogen-bond acceptors (Lipinski definition) is 13. The molecular formula is C52H63N9O13. The number of aliphatic hydroxyl groups excluding tert-OH is 1. The summed E-state index contributed by atoms with van der Waals surface area (Å²) in [5, 5.41) is 56.8. The van der Waals surface area contributed by atoms with E-state index in [0.717, 1.165) is 0 Å². The second kappa shape index (κ2) is 27.5. The number of carbonyl (C=O) groups is 9. The Morgan fingerprint density at radius 2 is 1.03 bits per heavy atom. The molecule has 8 amide bonds. The molecule has 4 aromatic rings. The summed E-state index contributed by atoms with van der Waals surface area (Å²) in [5.74, 6) is -7.63. The molecule has 0 unspecified atom stereocenters. The predicted molar refractivity (Wildman–Crippen MR) is 267 cm³/mol. The van der Waals surface area contributed by atoms with Gasteiger partial charge in [-0.1, -0.05) is 84.9 Å². The Morgan fingerprint density at radius 1 is 0.554 bits per heavy atom. The van der Waals surface area contributed by atoms with E-state index in [-0.39, 0.29) is 50.1 Å². The number of carboxylic acid groups (broad SMARTS) is 1. The van der Waals surface area contributed by atoms with Crippen LogP contribution in [0.4, 0.5) is 0 Å². The number of carboxylic acids is 1. The molecule has 0 aromatic heterocycles. The molecule has 1 aliphatic heterocycles. The molecule has 0 bridgehead atoms. The van der Waals surface area contributed by atoms with Crippen molar-refractivity contribution in [2.45, 2.75) is 101 Å². The van der Waals surface area contributed by atoms with E-state index in [1.807, 2.05) is 0 Å². The molecule has 22 nitrogen and oxygen atoms in total. The molecule has 0 saturated carbocycles. The lowest BCUT2D eigenvalue weighted by Crippen LogP contribution is -2.59. The van der Waals surface area contributed by atoms with Crippen LogP contribution in [0.15, 0.2) is 109 Å². The first-order chi connectivity index (χ1) is 35.3. The second-order valence-corrected chi connectivity index (χ2v) is 17.9. The van der Waals surface area contributed by atoms with Crippen LogP contribution in [-0.2, 0) is 68.8 Å². The molecule has 74 heavy (non-hydrogen) atoms. The van der Waals surface area contributed by atoms with E-state index in [9.17, 15) is 63.6 Å². The number of amides is 8. The van der Waals surface area contributed by atoms with Crippen molar-refractivity contribution in [1.82, 2.24) is 42.1 Å². The lowest BCUT2D eigenvalue weighted by atomic mass is 10.0. The molecule has 1 saturated heterocycles. The number of carbonyl (C=O) groups excluding carboxylic acids is 8. The predicted octanol–water partition coefficient (Wildman–Crippen LogP) is -1.17. The summed E-state index contributed by atoms with van der Waals surface area (Å²) in [6.07, 6.45) is 0.402. The maximum absolute atomic E-state index is 14.4. The minimum Gasteiger partial charge on any atom is -0.508 e. The van der Waals surface area contributed by atoms with E-state index in [4.69, 9.17) is 5.73 Å². The maximum atomic E-state index is 14.4. The fourth-order valence-electron chi connectivity index (χ4n) is 8.02. The number of nitrogens with one attached hydrogen (secondary N) is 7. The Bertz CT molecular complexity index is 2590. The van der Waals surface area contributed by atoms with E-state index in [0.29, 0.717) is 28.7 Å². The van der Waals surface area contributed by atoms with Crippen molar-refractivity contribution in [1.29, 1.82) is 0 Å². The standard InChI is InChI=1S/C52H63N9O13/c1-30(55-47(68)38(53)24-34-15-19-36(63)20-16-34)45(66)58-39(25-32-10-5-3-6-11-32)48(69)54-28-44(65)57-40(26-35-17-21-37(64)22-18-35)51(72)61-23-9-14-43(61)50(71)60-42(29-62)49(70)56-31(2)46(67)59-41(52(73)74)27-33-12-7-4-8-13-33/h3-8,10-13,15-22,30-31,38-43,62-64H,9,14,23-29,53H2,1-2H3,(H,54,69)(H,55,68)(H,56,70)(H,57,65)(H,58,66)(H,59,67)(H,60,71)(H,73,74)/t30-,31-,38+,39+,40+,41+,42+,43+/m1/s1. The topological polar surface area (TPSA) is 348 Å².